The zero-order valence-electron chi connectivity index (χ0n) is 16.9. The van der Waals surface area contributed by atoms with Crippen LogP contribution in [0.5, 0.6) is 0 Å². The van der Waals surface area contributed by atoms with Crippen molar-refractivity contribution in [2.45, 2.75) is 11.0 Å². The Kier molecular flexibility index (Phi) is 6.40. The Bertz CT molecular complexity index is 1160. The number of nitrogens with one attached hydrogen (secondary N) is 1. The number of aliphatic hydroxyl groups is 1. The molecule has 1 saturated heterocycles. The van der Waals surface area contributed by atoms with E-state index in [2.05, 4.69) is 9.71 Å². The first-order chi connectivity index (χ1) is 15.3. The van der Waals surface area contributed by atoms with E-state index in [0.717, 1.165) is 5.69 Å². The molecule has 2 N–H and O–H groups in total. The zero-order valence-corrected chi connectivity index (χ0v) is 18.5. The second-order valence-electron chi connectivity index (χ2n) is 7.20. The summed E-state index contributed by atoms with van der Waals surface area (Å²) in [5.74, 6) is -0.856. The first-order valence-corrected chi connectivity index (χ1v) is 12.2. The number of carbonyl (C=O) groups is 1. The van der Waals surface area contributed by atoms with Crippen molar-refractivity contribution < 1.29 is 22.7 Å². The van der Waals surface area contributed by atoms with Gasteiger partial charge in [-0.2, -0.15) is 0 Å². The minimum Gasteiger partial charge on any atom is -0.378 e. The Morgan fingerprint density at radius 1 is 1.06 bits per heavy atom. The number of nitrogens with zero attached hydrogens (tertiary/aromatic N) is 3. The maximum Gasteiger partial charge on any atom is 0.263 e. The standard InChI is InChI=1S/C21H21FN4O4S2/c22-16-3-1-15(2-4-16)19(27)20(28)26-12-10-25(11-13-26)17-5-7-18(8-6-17)32(29,30)24-21-23-9-14-31-21/h1-9,14,19,27H,10-13H2,(H,23,24). The summed E-state index contributed by atoms with van der Waals surface area (Å²) in [4.78, 5) is 20.3. The minimum atomic E-state index is -3.71. The van der Waals surface area contributed by atoms with Crippen LogP contribution in [0.4, 0.5) is 15.2 Å². The molecule has 0 spiro atoms. The van der Waals surface area contributed by atoms with Crippen molar-refractivity contribution in [3.63, 3.8) is 0 Å². The highest BCUT2D eigenvalue weighted by molar-refractivity contribution is 7.93. The van der Waals surface area contributed by atoms with Crippen LogP contribution < -0.4 is 9.62 Å². The third kappa shape index (κ3) is 4.90. The summed E-state index contributed by atoms with van der Waals surface area (Å²) in [6.45, 7) is 1.88. The van der Waals surface area contributed by atoms with Crippen LogP contribution in [0.3, 0.4) is 0 Å². The highest BCUT2D eigenvalue weighted by atomic mass is 32.2. The third-order valence-electron chi connectivity index (χ3n) is 5.18. The van der Waals surface area contributed by atoms with E-state index in [1.807, 2.05) is 4.90 Å². The van der Waals surface area contributed by atoms with Gasteiger partial charge in [0.25, 0.3) is 15.9 Å². The number of aromatic nitrogens is 1. The van der Waals surface area contributed by atoms with Gasteiger partial charge in [-0.25, -0.2) is 17.8 Å². The fourth-order valence-electron chi connectivity index (χ4n) is 3.43. The largest absolute Gasteiger partial charge is 0.378 e. The van der Waals surface area contributed by atoms with Crippen LogP contribution in [-0.4, -0.2) is 55.5 Å². The first kappa shape index (κ1) is 22.2. The number of amides is 1. The smallest absolute Gasteiger partial charge is 0.263 e. The summed E-state index contributed by atoms with van der Waals surface area (Å²) < 4.78 is 40.4. The molecular weight excluding hydrogens is 455 g/mol. The summed E-state index contributed by atoms with van der Waals surface area (Å²) in [7, 11) is -3.71. The van der Waals surface area contributed by atoms with Gasteiger partial charge in [0.05, 0.1) is 4.90 Å². The second-order valence-corrected chi connectivity index (χ2v) is 9.78. The Morgan fingerprint density at radius 2 is 1.72 bits per heavy atom. The fraction of sp³-hybridized carbons (Fsp3) is 0.238. The molecule has 11 heteroatoms. The molecule has 2 aromatic carbocycles. The van der Waals surface area contributed by atoms with Gasteiger partial charge in [0.1, 0.15) is 5.82 Å². The van der Waals surface area contributed by atoms with E-state index in [1.54, 1.807) is 22.4 Å². The maximum atomic E-state index is 13.1. The molecule has 168 valence electrons. The van der Waals surface area contributed by atoms with E-state index < -0.39 is 27.9 Å². The minimum absolute atomic E-state index is 0.132. The lowest BCUT2D eigenvalue weighted by Gasteiger charge is -2.37. The van der Waals surface area contributed by atoms with Crippen LogP contribution in [0.25, 0.3) is 0 Å². The summed E-state index contributed by atoms with van der Waals surface area (Å²) in [6.07, 6.45) is 0.186. The summed E-state index contributed by atoms with van der Waals surface area (Å²) >= 11 is 1.20. The molecule has 0 aliphatic carbocycles. The Labute approximate surface area is 189 Å². The van der Waals surface area contributed by atoms with Crippen LogP contribution in [0.15, 0.2) is 65.0 Å². The zero-order chi connectivity index (χ0) is 22.7. The second kappa shape index (κ2) is 9.23. The Balaban J connectivity index is 1.36. The number of aliphatic hydroxyl groups excluding tert-OH is 1. The normalized spacial score (nSPS) is 15.4. The lowest BCUT2D eigenvalue weighted by molar-refractivity contribution is -0.140. The molecule has 32 heavy (non-hydrogen) atoms. The van der Waals surface area contributed by atoms with Crippen LogP contribution in [0.1, 0.15) is 11.7 Å². The SMILES string of the molecule is O=C(C(O)c1ccc(F)cc1)N1CCN(c2ccc(S(=O)(=O)Nc3nccs3)cc2)CC1. The molecule has 8 nitrogen and oxygen atoms in total. The quantitative estimate of drug-likeness (QED) is 0.567. The molecule has 3 aromatic rings. The van der Waals surface area contributed by atoms with Crippen molar-refractivity contribution in [3.05, 3.63) is 71.5 Å². The molecule has 0 bridgehead atoms. The van der Waals surface area contributed by atoms with Crippen molar-refractivity contribution in [3.8, 4) is 0 Å². The predicted molar refractivity (Wildman–Crippen MR) is 120 cm³/mol. The number of thiazole rings is 1. The number of rotatable bonds is 6. The van der Waals surface area contributed by atoms with Gasteiger partial charge in [-0.1, -0.05) is 12.1 Å². The number of piperazine rings is 1. The van der Waals surface area contributed by atoms with Crippen molar-refractivity contribution in [1.82, 2.24) is 9.88 Å². The molecule has 1 fully saturated rings. The lowest BCUT2D eigenvalue weighted by Crippen LogP contribution is -2.50. The molecule has 1 unspecified atom stereocenters. The van der Waals surface area contributed by atoms with Gasteiger partial charge in [-0.15, -0.1) is 11.3 Å². The highest BCUT2D eigenvalue weighted by Crippen LogP contribution is 2.23. The van der Waals surface area contributed by atoms with Gasteiger partial charge in [-0.3, -0.25) is 9.52 Å². The number of carbonyl (C=O) groups excluding carboxylic acids is 1. The van der Waals surface area contributed by atoms with Gasteiger partial charge in [-0.05, 0) is 42.0 Å². The summed E-state index contributed by atoms with van der Waals surface area (Å²) in [6, 6.07) is 11.7. The highest BCUT2D eigenvalue weighted by Gasteiger charge is 2.27. The number of hydrogen-bond donors (Lipinski definition) is 2. The van der Waals surface area contributed by atoms with Gasteiger partial charge >= 0.3 is 0 Å². The number of benzene rings is 2. The monoisotopic (exact) mass is 476 g/mol. The number of anilines is 2. The van der Waals surface area contributed by atoms with Crippen molar-refractivity contribution in [2.75, 3.05) is 35.8 Å². The molecule has 2 heterocycles. The molecule has 4 rings (SSSR count). The van der Waals surface area contributed by atoms with Gasteiger partial charge in [0.15, 0.2) is 11.2 Å². The summed E-state index contributed by atoms with van der Waals surface area (Å²) in [5.41, 5.74) is 1.19. The first-order valence-electron chi connectivity index (χ1n) is 9.83. The van der Waals surface area contributed by atoms with Crippen molar-refractivity contribution in [2.24, 2.45) is 0 Å². The molecule has 1 aromatic heterocycles. The average Bonchev–Trinajstić information content (AvgIpc) is 3.31. The molecule has 1 aliphatic heterocycles. The molecule has 1 aliphatic rings. The predicted octanol–water partition coefficient (Wildman–Crippen LogP) is 2.47. The number of sulfonamides is 1. The lowest BCUT2D eigenvalue weighted by atomic mass is 10.1. The molecular formula is C21H21FN4O4S2. The summed E-state index contributed by atoms with van der Waals surface area (Å²) in [5, 5.41) is 12.3. The van der Waals surface area contributed by atoms with Crippen LogP contribution in [-0.2, 0) is 14.8 Å². The van der Waals surface area contributed by atoms with Crippen LogP contribution >= 0.6 is 11.3 Å². The number of halogens is 1. The maximum absolute atomic E-state index is 13.1. The topological polar surface area (TPSA) is 103 Å². The van der Waals surface area contributed by atoms with E-state index in [-0.39, 0.29) is 4.90 Å². The molecule has 0 radical (unpaired) electrons. The van der Waals surface area contributed by atoms with Crippen molar-refractivity contribution in [1.29, 1.82) is 0 Å². The van der Waals surface area contributed by atoms with Gasteiger partial charge < -0.3 is 14.9 Å². The van der Waals surface area contributed by atoms with Crippen LogP contribution in [0, 0.1) is 5.82 Å². The van der Waals surface area contributed by atoms with E-state index in [1.165, 1.54) is 53.9 Å². The van der Waals surface area contributed by atoms with Gasteiger partial charge in [0, 0.05) is 43.4 Å². The fourth-order valence-corrected chi connectivity index (χ4v) is 5.22. The van der Waals surface area contributed by atoms with Crippen molar-refractivity contribution >= 4 is 38.1 Å². The molecule has 1 amide bonds. The Hall–Kier alpha value is -3.02. The van der Waals surface area contributed by atoms with Gasteiger partial charge in [0.2, 0.25) is 0 Å². The van der Waals surface area contributed by atoms with Crippen LogP contribution in [0.2, 0.25) is 0 Å². The third-order valence-corrected chi connectivity index (χ3v) is 7.35. The molecule has 0 saturated carbocycles. The average molecular weight is 477 g/mol. The van der Waals surface area contributed by atoms with E-state index in [9.17, 15) is 22.7 Å². The van der Waals surface area contributed by atoms with E-state index in [0.29, 0.717) is 36.9 Å². The molecule has 1 atom stereocenters. The number of hydrogen-bond acceptors (Lipinski definition) is 7. The Morgan fingerprint density at radius 3 is 2.31 bits per heavy atom. The van der Waals surface area contributed by atoms with E-state index >= 15 is 0 Å². The van der Waals surface area contributed by atoms with E-state index in [4.69, 9.17) is 0 Å².